The predicted molar refractivity (Wildman–Crippen MR) is 75.4 cm³/mol. The molecule has 0 fully saturated rings. The minimum atomic E-state index is -0.560. The smallest absolute Gasteiger partial charge is 0.188 e. The molecule has 0 atom stereocenters. The molecule has 1 aromatic carbocycles. The maximum absolute atomic E-state index is 13.5. The number of Topliss-reactive ketones (excluding diaryl/α,β-unsaturated/α-hetero) is 1. The van der Waals surface area contributed by atoms with Gasteiger partial charge in [-0.05, 0) is 24.6 Å². The fraction of sp³-hybridized carbons (Fsp3) is 0.533. The van der Waals surface area contributed by atoms with Crippen molar-refractivity contribution in [2.24, 2.45) is 0 Å². The van der Waals surface area contributed by atoms with E-state index in [-0.39, 0.29) is 23.7 Å². The Hall–Kier alpha value is -1.50. The van der Waals surface area contributed by atoms with E-state index in [9.17, 15) is 9.18 Å². The molecule has 21 heavy (non-hydrogen) atoms. The molecular formula is C15H21FO5. The summed E-state index contributed by atoms with van der Waals surface area (Å²) in [6.45, 7) is 1.98. The molecule has 0 spiro atoms. The number of halogens is 1. The van der Waals surface area contributed by atoms with Gasteiger partial charge in [0.15, 0.2) is 17.3 Å². The number of carbonyl (C=O) groups excluding carboxylic acids is 1. The van der Waals surface area contributed by atoms with E-state index in [1.807, 2.05) is 0 Å². The molecule has 6 heteroatoms. The van der Waals surface area contributed by atoms with Crippen molar-refractivity contribution in [2.75, 3.05) is 47.3 Å². The van der Waals surface area contributed by atoms with Crippen LogP contribution in [-0.2, 0) is 14.2 Å². The van der Waals surface area contributed by atoms with Gasteiger partial charge in [-0.15, -0.1) is 0 Å². The fourth-order valence-corrected chi connectivity index (χ4v) is 1.60. The SMILES string of the molecule is COCCOCCCOCC(=O)c1ccc(OC)c(F)c1. The monoisotopic (exact) mass is 300 g/mol. The number of rotatable bonds is 11. The molecular weight excluding hydrogens is 279 g/mol. The highest BCUT2D eigenvalue weighted by Gasteiger charge is 2.10. The molecule has 118 valence electrons. The van der Waals surface area contributed by atoms with Gasteiger partial charge in [0.2, 0.25) is 0 Å². The number of carbonyl (C=O) groups is 1. The molecule has 0 aliphatic rings. The van der Waals surface area contributed by atoms with E-state index in [1.165, 1.54) is 19.2 Å². The van der Waals surface area contributed by atoms with Crippen LogP contribution >= 0.6 is 0 Å². The molecule has 1 aromatic rings. The molecule has 0 N–H and O–H groups in total. The van der Waals surface area contributed by atoms with Gasteiger partial charge in [-0.1, -0.05) is 0 Å². The summed E-state index contributed by atoms with van der Waals surface area (Å²) in [6.07, 6.45) is 0.688. The van der Waals surface area contributed by atoms with Crippen molar-refractivity contribution in [3.63, 3.8) is 0 Å². The van der Waals surface area contributed by atoms with E-state index in [1.54, 1.807) is 7.11 Å². The third-order valence-corrected chi connectivity index (χ3v) is 2.72. The van der Waals surface area contributed by atoms with E-state index < -0.39 is 5.82 Å². The zero-order valence-corrected chi connectivity index (χ0v) is 12.4. The van der Waals surface area contributed by atoms with Crippen molar-refractivity contribution in [1.82, 2.24) is 0 Å². The second-order valence-electron chi connectivity index (χ2n) is 4.28. The van der Waals surface area contributed by atoms with Gasteiger partial charge in [-0.25, -0.2) is 4.39 Å². The highest BCUT2D eigenvalue weighted by molar-refractivity contribution is 5.97. The molecule has 0 heterocycles. The number of ketones is 1. The number of methoxy groups -OCH3 is 2. The average Bonchev–Trinajstić information content (AvgIpc) is 2.49. The van der Waals surface area contributed by atoms with Gasteiger partial charge in [-0.3, -0.25) is 4.79 Å². The first-order valence-corrected chi connectivity index (χ1v) is 6.70. The Morgan fingerprint density at radius 2 is 1.86 bits per heavy atom. The third kappa shape index (κ3) is 6.66. The lowest BCUT2D eigenvalue weighted by Gasteiger charge is -2.06. The van der Waals surface area contributed by atoms with Gasteiger partial charge in [0.25, 0.3) is 0 Å². The lowest BCUT2D eigenvalue weighted by Crippen LogP contribution is -2.12. The molecule has 0 saturated heterocycles. The summed E-state index contributed by atoms with van der Waals surface area (Å²) < 4.78 is 33.6. The number of hydrogen-bond acceptors (Lipinski definition) is 5. The van der Waals surface area contributed by atoms with Crippen molar-refractivity contribution < 1.29 is 28.1 Å². The minimum Gasteiger partial charge on any atom is -0.494 e. The standard InChI is InChI=1S/C15H21FO5/c1-18-8-9-20-6-3-7-21-11-14(17)12-4-5-15(19-2)13(16)10-12/h4-5,10H,3,6-9,11H2,1-2H3. The number of benzene rings is 1. The first kappa shape index (κ1) is 17.6. The van der Waals surface area contributed by atoms with Crippen LogP contribution in [0.25, 0.3) is 0 Å². The molecule has 1 rings (SSSR count). The first-order chi connectivity index (χ1) is 10.2. The van der Waals surface area contributed by atoms with Crippen LogP contribution in [0.15, 0.2) is 18.2 Å². The van der Waals surface area contributed by atoms with Crippen molar-refractivity contribution in [3.05, 3.63) is 29.6 Å². The Morgan fingerprint density at radius 1 is 1.10 bits per heavy atom. The van der Waals surface area contributed by atoms with Crippen molar-refractivity contribution >= 4 is 5.78 Å². The van der Waals surface area contributed by atoms with Crippen LogP contribution in [0.4, 0.5) is 4.39 Å². The van der Waals surface area contributed by atoms with Crippen LogP contribution in [0.3, 0.4) is 0 Å². The normalized spacial score (nSPS) is 10.6. The summed E-state index contributed by atoms with van der Waals surface area (Å²) in [5.41, 5.74) is 0.268. The summed E-state index contributed by atoms with van der Waals surface area (Å²) in [5.74, 6) is -0.715. The van der Waals surface area contributed by atoms with Gasteiger partial charge in [0, 0.05) is 25.9 Å². The topological polar surface area (TPSA) is 54.0 Å². The highest BCUT2D eigenvalue weighted by Crippen LogP contribution is 2.17. The second kappa shape index (κ2) is 10.3. The van der Waals surface area contributed by atoms with Gasteiger partial charge >= 0.3 is 0 Å². The quantitative estimate of drug-likeness (QED) is 0.463. The molecule has 0 aliphatic heterocycles. The molecule has 5 nitrogen and oxygen atoms in total. The zero-order chi connectivity index (χ0) is 15.5. The van der Waals surface area contributed by atoms with E-state index in [0.29, 0.717) is 32.8 Å². The fourth-order valence-electron chi connectivity index (χ4n) is 1.60. The molecule has 0 amide bonds. The molecule has 0 saturated carbocycles. The summed E-state index contributed by atoms with van der Waals surface area (Å²) in [5, 5.41) is 0. The molecule has 0 aliphatic carbocycles. The van der Waals surface area contributed by atoms with Crippen LogP contribution < -0.4 is 4.74 Å². The minimum absolute atomic E-state index is 0.0795. The van der Waals surface area contributed by atoms with E-state index in [2.05, 4.69) is 0 Å². The Morgan fingerprint density at radius 3 is 2.52 bits per heavy atom. The third-order valence-electron chi connectivity index (χ3n) is 2.72. The van der Waals surface area contributed by atoms with Gasteiger partial charge < -0.3 is 18.9 Å². The maximum Gasteiger partial charge on any atom is 0.188 e. The lowest BCUT2D eigenvalue weighted by atomic mass is 10.1. The van der Waals surface area contributed by atoms with Gasteiger partial charge in [0.1, 0.15) is 6.61 Å². The van der Waals surface area contributed by atoms with Crippen LogP contribution in [0.5, 0.6) is 5.75 Å². The maximum atomic E-state index is 13.5. The predicted octanol–water partition coefficient (Wildman–Crippen LogP) is 2.09. The Bertz CT molecular complexity index is 436. The summed E-state index contributed by atoms with van der Waals surface area (Å²) in [7, 11) is 2.98. The van der Waals surface area contributed by atoms with Crippen molar-refractivity contribution in [3.8, 4) is 5.75 Å². The van der Waals surface area contributed by atoms with E-state index in [0.717, 1.165) is 6.07 Å². The van der Waals surface area contributed by atoms with Crippen LogP contribution in [0.1, 0.15) is 16.8 Å². The molecule has 0 bridgehead atoms. The molecule has 0 radical (unpaired) electrons. The van der Waals surface area contributed by atoms with Crippen molar-refractivity contribution in [1.29, 1.82) is 0 Å². The van der Waals surface area contributed by atoms with Gasteiger partial charge in [0.05, 0.1) is 20.3 Å². The zero-order valence-electron chi connectivity index (χ0n) is 12.4. The van der Waals surface area contributed by atoms with E-state index in [4.69, 9.17) is 18.9 Å². The summed E-state index contributed by atoms with van der Waals surface area (Å²) >= 11 is 0. The van der Waals surface area contributed by atoms with Crippen LogP contribution in [0.2, 0.25) is 0 Å². The van der Waals surface area contributed by atoms with Gasteiger partial charge in [-0.2, -0.15) is 0 Å². The lowest BCUT2D eigenvalue weighted by molar-refractivity contribution is 0.0488. The van der Waals surface area contributed by atoms with Crippen LogP contribution in [-0.4, -0.2) is 53.0 Å². The molecule has 0 aromatic heterocycles. The molecule has 0 unspecified atom stereocenters. The largest absolute Gasteiger partial charge is 0.494 e. The van der Waals surface area contributed by atoms with E-state index >= 15 is 0 Å². The first-order valence-electron chi connectivity index (χ1n) is 6.70. The summed E-state index contributed by atoms with van der Waals surface area (Å²) in [4.78, 5) is 11.8. The number of ether oxygens (including phenoxy) is 4. The highest BCUT2D eigenvalue weighted by atomic mass is 19.1. The Kier molecular flexibility index (Phi) is 8.57. The number of hydrogen-bond donors (Lipinski definition) is 0. The Balaban J connectivity index is 2.20. The second-order valence-corrected chi connectivity index (χ2v) is 4.28. The average molecular weight is 300 g/mol. The van der Waals surface area contributed by atoms with Crippen molar-refractivity contribution in [2.45, 2.75) is 6.42 Å². The summed E-state index contributed by atoms with van der Waals surface area (Å²) in [6, 6.07) is 4.09. The Labute approximate surface area is 123 Å². The van der Waals surface area contributed by atoms with Crippen LogP contribution in [0, 0.1) is 5.82 Å².